The topological polar surface area (TPSA) is 74.3 Å². The summed E-state index contributed by atoms with van der Waals surface area (Å²) in [4.78, 5) is 24.3. The van der Waals surface area contributed by atoms with Crippen LogP contribution in [-0.2, 0) is 5.54 Å². The predicted octanol–water partition coefficient (Wildman–Crippen LogP) is 3.46. The number of carbonyl (C=O) groups is 1. The largest absolute Gasteiger partial charge is 0.369 e. The first-order valence-electron chi connectivity index (χ1n) is 9.74. The molecule has 2 heterocycles. The number of rotatable bonds is 3. The lowest BCUT2D eigenvalue weighted by Gasteiger charge is -2.43. The molecule has 0 fully saturated rings. The molecule has 1 unspecified atom stereocenters. The van der Waals surface area contributed by atoms with E-state index in [1.807, 2.05) is 30.3 Å². The van der Waals surface area contributed by atoms with Gasteiger partial charge in [-0.25, -0.2) is 13.8 Å². The molecule has 2 aromatic rings. The van der Waals surface area contributed by atoms with Crippen LogP contribution in [0.1, 0.15) is 27.9 Å². The van der Waals surface area contributed by atoms with Gasteiger partial charge < -0.3 is 10.6 Å². The third-order valence-electron chi connectivity index (χ3n) is 5.49. The van der Waals surface area contributed by atoms with Gasteiger partial charge in [0.25, 0.3) is 11.8 Å². The number of amides is 1. The Balaban J connectivity index is 1.91. The van der Waals surface area contributed by atoms with Crippen LogP contribution < -0.4 is 5.73 Å². The maximum Gasteiger partial charge on any atom is 0.284 e. The minimum absolute atomic E-state index is 0.0197. The number of halogens is 3. The number of benzene rings is 2. The molecular weight excluding hydrogens is 468 g/mol. The van der Waals surface area contributed by atoms with Crippen molar-refractivity contribution in [2.24, 2.45) is 15.7 Å². The van der Waals surface area contributed by atoms with Gasteiger partial charge in [-0.2, -0.15) is 0 Å². The normalized spacial score (nSPS) is 22.3. The van der Waals surface area contributed by atoms with E-state index in [9.17, 15) is 13.6 Å². The maximum absolute atomic E-state index is 13.9. The van der Waals surface area contributed by atoms with Gasteiger partial charge in [0.05, 0.1) is 6.54 Å². The van der Waals surface area contributed by atoms with Gasteiger partial charge in [0.15, 0.2) is 5.96 Å². The summed E-state index contributed by atoms with van der Waals surface area (Å²) in [6.07, 6.45) is 0.250. The summed E-state index contributed by atoms with van der Waals surface area (Å²) in [6, 6.07) is 14.8. The summed E-state index contributed by atoms with van der Waals surface area (Å²) in [6.45, 7) is -1.13. The molecule has 0 aliphatic carbocycles. The van der Waals surface area contributed by atoms with Gasteiger partial charge in [-0.3, -0.25) is 14.7 Å². The average Bonchev–Trinajstić information content (AvgIpc) is 2.73. The van der Waals surface area contributed by atoms with E-state index in [0.717, 1.165) is 15.6 Å². The molecule has 31 heavy (non-hydrogen) atoms. The maximum atomic E-state index is 13.9. The van der Waals surface area contributed by atoms with E-state index in [4.69, 9.17) is 10.7 Å². The Labute approximate surface area is 187 Å². The standard InChI is InChI=1S/C22H22BrF2N5O/c1-29(2)19(31)14-5-3-6-15(9-14)22(16-7-4-8-17(23)10-16)11-18-27-12-21(24,25)13-30(18)20(26)28-22/h3-10H,11-13H2,1-2H3,(H2,26,28). The number of hydrogen-bond acceptors (Lipinski definition) is 5. The van der Waals surface area contributed by atoms with Crippen LogP contribution >= 0.6 is 15.9 Å². The Morgan fingerprint density at radius 1 is 1.16 bits per heavy atom. The third-order valence-corrected chi connectivity index (χ3v) is 5.98. The van der Waals surface area contributed by atoms with E-state index < -0.39 is 24.6 Å². The number of alkyl halides is 2. The second-order valence-corrected chi connectivity index (χ2v) is 8.89. The number of nitrogens with two attached hydrogens (primary N) is 1. The Morgan fingerprint density at radius 2 is 1.84 bits per heavy atom. The van der Waals surface area contributed by atoms with Crippen LogP contribution in [0.5, 0.6) is 0 Å². The van der Waals surface area contributed by atoms with E-state index in [1.165, 1.54) is 9.80 Å². The molecule has 1 atom stereocenters. The molecule has 1 amide bonds. The molecule has 4 rings (SSSR count). The van der Waals surface area contributed by atoms with Crippen LogP contribution in [0.3, 0.4) is 0 Å². The molecule has 6 nitrogen and oxygen atoms in total. The van der Waals surface area contributed by atoms with E-state index >= 15 is 0 Å². The van der Waals surface area contributed by atoms with Crippen LogP contribution in [0.4, 0.5) is 8.78 Å². The van der Waals surface area contributed by atoms with Crippen molar-refractivity contribution in [3.05, 3.63) is 69.7 Å². The van der Waals surface area contributed by atoms with Gasteiger partial charge in [-0.1, -0.05) is 40.2 Å². The first kappa shape index (κ1) is 21.4. The molecule has 0 saturated heterocycles. The lowest BCUT2D eigenvalue weighted by molar-refractivity contribution is -0.00585. The van der Waals surface area contributed by atoms with Crippen molar-refractivity contribution < 1.29 is 13.6 Å². The Morgan fingerprint density at radius 3 is 2.52 bits per heavy atom. The first-order valence-corrected chi connectivity index (χ1v) is 10.5. The zero-order valence-electron chi connectivity index (χ0n) is 17.1. The molecule has 2 aliphatic heterocycles. The molecule has 0 spiro atoms. The van der Waals surface area contributed by atoms with E-state index in [2.05, 4.69) is 20.9 Å². The summed E-state index contributed by atoms with van der Waals surface area (Å²) in [5, 5.41) is 0. The van der Waals surface area contributed by atoms with Crippen molar-refractivity contribution in [1.82, 2.24) is 9.80 Å². The summed E-state index contributed by atoms with van der Waals surface area (Å²) < 4.78 is 28.7. The highest BCUT2D eigenvalue weighted by atomic mass is 79.9. The number of fused-ring (bicyclic) bond motifs is 1. The fraction of sp³-hybridized carbons (Fsp3) is 0.318. The SMILES string of the molecule is CN(C)C(=O)c1cccc(C2(c3cccc(Br)c3)CC3=NCC(F)(F)CN3C(N)=N2)c1. The van der Waals surface area contributed by atoms with Crippen LogP contribution in [0.15, 0.2) is 63.0 Å². The molecule has 2 N–H and O–H groups in total. The molecule has 0 saturated carbocycles. The van der Waals surface area contributed by atoms with Gasteiger partial charge in [0, 0.05) is 30.6 Å². The van der Waals surface area contributed by atoms with Crippen LogP contribution in [0, 0.1) is 0 Å². The van der Waals surface area contributed by atoms with Crippen molar-refractivity contribution in [2.75, 3.05) is 27.2 Å². The second-order valence-electron chi connectivity index (χ2n) is 7.97. The highest BCUT2D eigenvalue weighted by molar-refractivity contribution is 9.10. The fourth-order valence-corrected chi connectivity index (χ4v) is 4.37. The molecule has 0 radical (unpaired) electrons. The first-order chi connectivity index (χ1) is 14.6. The number of aliphatic imine (C=N–C) groups is 2. The Bertz CT molecular complexity index is 1100. The van der Waals surface area contributed by atoms with Crippen LogP contribution in [0.25, 0.3) is 0 Å². The number of carbonyl (C=O) groups excluding carboxylic acids is 1. The van der Waals surface area contributed by atoms with Gasteiger partial charge in [0.2, 0.25) is 0 Å². The molecule has 9 heteroatoms. The Kier molecular flexibility index (Phi) is 5.33. The number of amidine groups is 1. The number of guanidine groups is 1. The molecule has 162 valence electrons. The Hall–Kier alpha value is -2.81. The highest BCUT2D eigenvalue weighted by Crippen LogP contribution is 2.42. The lowest BCUT2D eigenvalue weighted by Crippen LogP contribution is -2.57. The average molecular weight is 490 g/mol. The fourth-order valence-electron chi connectivity index (χ4n) is 3.97. The summed E-state index contributed by atoms with van der Waals surface area (Å²) >= 11 is 3.50. The summed E-state index contributed by atoms with van der Waals surface area (Å²) in [5.41, 5.74) is 7.28. The van der Waals surface area contributed by atoms with Crippen molar-refractivity contribution in [2.45, 2.75) is 17.9 Å². The van der Waals surface area contributed by atoms with Gasteiger partial charge in [0.1, 0.15) is 17.9 Å². The monoisotopic (exact) mass is 489 g/mol. The van der Waals surface area contributed by atoms with Crippen LogP contribution in [-0.4, -0.2) is 60.6 Å². The van der Waals surface area contributed by atoms with E-state index in [-0.39, 0.29) is 18.3 Å². The quantitative estimate of drug-likeness (QED) is 0.717. The minimum Gasteiger partial charge on any atom is -0.369 e. The smallest absolute Gasteiger partial charge is 0.284 e. The third kappa shape index (κ3) is 3.94. The lowest BCUT2D eigenvalue weighted by atomic mass is 9.78. The minimum atomic E-state index is -2.96. The second kappa shape index (κ2) is 7.71. The summed E-state index contributed by atoms with van der Waals surface area (Å²) in [5.74, 6) is -2.66. The van der Waals surface area contributed by atoms with Crippen molar-refractivity contribution in [1.29, 1.82) is 0 Å². The number of nitrogens with zero attached hydrogens (tertiary/aromatic N) is 4. The van der Waals surface area contributed by atoms with Gasteiger partial charge in [-0.15, -0.1) is 0 Å². The zero-order chi connectivity index (χ0) is 22.4. The highest BCUT2D eigenvalue weighted by Gasteiger charge is 2.46. The van der Waals surface area contributed by atoms with E-state index in [1.54, 1.807) is 32.3 Å². The molecule has 0 bridgehead atoms. The van der Waals surface area contributed by atoms with Crippen LogP contribution in [0.2, 0.25) is 0 Å². The predicted molar refractivity (Wildman–Crippen MR) is 120 cm³/mol. The van der Waals surface area contributed by atoms with Crippen molar-refractivity contribution in [3.63, 3.8) is 0 Å². The molecule has 2 aliphatic rings. The van der Waals surface area contributed by atoms with Gasteiger partial charge in [-0.05, 0) is 35.4 Å². The van der Waals surface area contributed by atoms with Crippen molar-refractivity contribution in [3.8, 4) is 0 Å². The summed E-state index contributed by atoms with van der Waals surface area (Å²) in [7, 11) is 3.37. The molecule has 0 aromatic heterocycles. The molecular formula is C22H22BrF2N5O. The molecule has 2 aromatic carbocycles. The van der Waals surface area contributed by atoms with Gasteiger partial charge >= 0.3 is 0 Å². The number of hydrogen-bond donors (Lipinski definition) is 1. The van der Waals surface area contributed by atoms with E-state index in [0.29, 0.717) is 11.4 Å². The zero-order valence-corrected chi connectivity index (χ0v) is 18.7. The van der Waals surface area contributed by atoms with Crippen molar-refractivity contribution >= 4 is 33.6 Å².